The molecular weight excluding hydrogens is 536 g/mol. The summed E-state index contributed by atoms with van der Waals surface area (Å²) < 4.78 is 19.3. The lowest BCUT2D eigenvalue weighted by molar-refractivity contribution is -0.262. The Morgan fingerprint density at radius 1 is 0.973 bits per heavy atom. The summed E-state index contributed by atoms with van der Waals surface area (Å²) in [6, 6.07) is 0. The second-order valence-electron chi connectivity index (χ2n) is 14.3. The molecule has 6 nitrogen and oxygen atoms in total. The standard InChI is InChI=1S/C30H55BrO6/c1-20(12-13-22(32)29(7)19-16-23(36-29)26(2,3)33)10-9-11-24-28(6,34)17-15-25(35-24)30(8)18-14-21(31)27(4,5)37-30/h20-25,32-34H,9-19H2,1-8H3/t20?,21-,22+,23-,24-,25-,28+,29-,30+/m1/s1. The van der Waals surface area contributed by atoms with E-state index in [1.165, 1.54) is 0 Å². The summed E-state index contributed by atoms with van der Waals surface area (Å²) in [6.45, 7) is 16.1. The van der Waals surface area contributed by atoms with Gasteiger partial charge < -0.3 is 29.5 Å². The normalized spacial score (nSPS) is 42.5. The van der Waals surface area contributed by atoms with Crippen molar-refractivity contribution in [3.8, 4) is 0 Å². The highest BCUT2D eigenvalue weighted by atomic mass is 79.9. The summed E-state index contributed by atoms with van der Waals surface area (Å²) in [5, 5.41) is 32.3. The summed E-state index contributed by atoms with van der Waals surface area (Å²) in [5.74, 6) is 0.463. The molecule has 3 fully saturated rings. The molecule has 0 aromatic rings. The van der Waals surface area contributed by atoms with E-state index in [2.05, 4.69) is 43.6 Å². The van der Waals surface area contributed by atoms with Crippen LogP contribution in [0.25, 0.3) is 0 Å². The molecule has 0 amide bonds. The van der Waals surface area contributed by atoms with E-state index in [0.29, 0.717) is 17.2 Å². The lowest BCUT2D eigenvalue weighted by Gasteiger charge is -2.53. The summed E-state index contributed by atoms with van der Waals surface area (Å²) in [6.07, 6.45) is 8.55. The average molecular weight is 592 g/mol. The highest BCUT2D eigenvalue weighted by Gasteiger charge is 2.51. The van der Waals surface area contributed by atoms with E-state index >= 15 is 0 Å². The van der Waals surface area contributed by atoms with Crippen molar-refractivity contribution in [3.05, 3.63) is 0 Å². The second-order valence-corrected chi connectivity index (χ2v) is 15.4. The highest BCUT2D eigenvalue weighted by Crippen LogP contribution is 2.46. The number of aliphatic hydroxyl groups is 3. The number of rotatable bonds is 10. The van der Waals surface area contributed by atoms with Crippen LogP contribution in [0.4, 0.5) is 0 Å². The van der Waals surface area contributed by atoms with Gasteiger partial charge in [0.05, 0.1) is 52.4 Å². The Morgan fingerprint density at radius 3 is 2.24 bits per heavy atom. The predicted octanol–water partition coefficient (Wildman–Crippen LogP) is 6.05. The number of aliphatic hydroxyl groups excluding tert-OH is 1. The maximum atomic E-state index is 11.1. The van der Waals surface area contributed by atoms with Gasteiger partial charge in [-0.1, -0.05) is 35.7 Å². The molecule has 0 spiro atoms. The van der Waals surface area contributed by atoms with Gasteiger partial charge in [0.25, 0.3) is 0 Å². The maximum Gasteiger partial charge on any atom is 0.0923 e. The average Bonchev–Trinajstić information content (AvgIpc) is 3.19. The van der Waals surface area contributed by atoms with Crippen LogP contribution in [0.2, 0.25) is 0 Å². The Balaban J connectivity index is 1.46. The number of alkyl halides is 1. The molecule has 3 heterocycles. The molecule has 9 atom stereocenters. The number of hydrogen-bond acceptors (Lipinski definition) is 6. The minimum atomic E-state index is -0.890. The lowest BCUT2D eigenvalue weighted by Crippen LogP contribution is -2.60. The molecule has 1 unspecified atom stereocenters. The first-order valence-electron chi connectivity index (χ1n) is 14.7. The van der Waals surface area contributed by atoms with Crippen LogP contribution >= 0.6 is 15.9 Å². The summed E-state index contributed by atoms with van der Waals surface area (Å²) >= 11 is 3.78. The summed E-state index contributed by atoms with van der Waals surface area (Å²) in [7, 11) is 0. The molecule has 0 aromatic heterocycles. The topological polar surface area (TPSA) is 88.4 Å². The molecule has 3 rings (SSSR count). The smallest absolute Gasteiger partial charge is 0.0923 e. The van der Waals surface area contributed by atoms with Crippen LogP contribution < -0.4 is 0 Å². The third-order valence-electron chi connectivity index (χ3n) is 9.66. The van der Waals surface area contributed by atoms with Crippen molar-refractivity contribution in [1.82, 2.24) is 0 Å². The van der Waals surface area contributed by atoms with Crippen molar-refractivity contribution in [2.45, 2.75) is 183 Å². The van der Waals surface area contributed by atoms with Crippen molar-refractivity contribution in [1.29, 1.82) is 0 Å². The molecule has 3 aliphatic rings. The molecule has 0 saturated carbocycles. The van der Waals surface area contributed by atoms with Crippen LogP contribution in [-0.4, -0.2) is 72.6 Å². The van der Waals surface area contributed by atoms with Gasteiger partial charge in [0.1, 0.15) is 0 Å². The van der Waals surface area contributed by atoms with Gasteiger partial charge in [0.15, 0.2) is 0 Å². The molecular formula is C30H55BrO6. The first-order chi connectivity index (χ1) is 16.9. The minimum absolute atomic E-state index is 0.00977. The fraction of sp³-hybridized carbons (Fsp3) is 1.00. The first-order valence-corrected chi connectivity index (χ1v) is 15.6. The van der Waals surface area contributed by atoms with E-state index in [1.807, 2.05) is 13.8 Å². The fourth-order valence-electron chi connectivity index (χ4n) is 6.68. The Bertz CT molecular complexity index is 751. The Hall–Kier alpha value is 0.240. The van der Waals surface area contributed by atoms with Crippen molar-refractivity contribution >= 4 is 15.9 Å². The Morgan fingerprint density at radius 2 is 1.65 bits per heavy atom. The van der Waals surface area contributed by atoms with Gasteiger partial charge in [-0.3, -0.25) is 0 Å². The molecule has 37 heavy (non-hydrogen) atoms. The van der Waals surface area contributed by atoms with Crippen molar-refractivity contribution < 1.29 is 29.5 Å². The molecule has 0 aromatic carbocycles. The van der Waals surface area contributed by atoms with Crippen LogP contribution in [0.3, 0.4) is 0 Å². The molecule has 0 bridgehead atoms. The number of halogens is 1. The zero-order valence-corrected chi connectivity index (χ0v) is 26.3. The molecule has 3 saturated heterocycles. The van der Waals surface area contributed by atoms with E-state index < -0.39 is 22.9 Å². The monoisotopic (exact) mass is 590 g/mol. The third kappa shape index (κ3) is 7.71. The van der Waals surface area contributed by atoms with Crippen LogP contribution in [0, 0.1) is 5.92 Å². The van der Waals surface area contributed by atoms with E-state index in [4.69, 9.17) is 14.2 Å². The third-order valence-corrected chi connectivity index (χ3v) is 11.2. The van der Waals surface area contributed by atoms with Crippen molar-refractivity contribution in [3.63, 3.8) is 0 Å². The Labute approximate surface area is 234 Å². The van der Waals surface area contributed by atoms with Gasteiger partial charge >= 0.3 is 0 Å². The molecule has 3 N–H and O–H groups in total. The minimum Gasteiger partial charge on any atom is -0.390 e. The Kier molecular flexibility index (Phi) is 9.97. The molecule has 7 heteroatoms. The van der Waals surface area contributed by atoms with E-state index in [1.54, 1.807) is 13.8 Å². The van der Waals surface area contributed by atoms with E-state index in [-0.39, 0.29) is 29.5 Å². The maximum absolute atomic E-state index is 11.1. The zero-order chi connectivity index (χ0) is 27.9. The largest absolute Gasteiger partial charge is 0.390 e. The van der Waals surface area contributed by atoms with Crippen molar-refractivity contribution in [2.75, 3.05) is 0 Å². The van der Waals surface area contributed by atoms with Crippen LogP contribution in [-0.2, 0) is 14.2 Å². The van der Waals surface area contributed by atoms with Crippen LogP contribution in [0.5, 0.6) is 0 Å². The van der Waals surface area contributed by atoms with Gasteiger partial charge in [-0.05, 0) is 112 Å². The SMILES string of the molecule is CC(CCC[C@H]1O[C@@H]([C@]2(C)CC[C@@H](Br)C(C)(C)O2)CC[C@]1(C)O)CC[C@H](O)[C@@]1(C)CC[C@H](C(C)(C)O)O1. The van der Waals surface area contributed by atoms with Gasteiger partial charge in [-0.15, -0.1) is 0 Å². The van der Waals surface area contributed by atoms with Gasteiger partial charge in [0, 0.05) is 4.83 Å². The van der Waals surface area contributed by atoms with Crippen LogP contribution in [0.15, 0.2) is 0 Å². The van der Waals surface area contributed by atoms with Gasteiger partial charge in [-0.2, -0.15) is 0 Å². The van der Waals surface area contributed by atoms with Gasteiger partial charge in [-0.25, -0.2) is 0 Å². The van der Waals surface area contributed by atoms with Gasteiger partial charge in [0.2, 0.25) is 0 Å². The summed E-state index contributed by atoms with van der Waals surface area (Å²) in [4.78, 5) is 0.335. The molecule has 0 aliphatic carbocycles. The number of ether oxygens (including phenoxy) is 3. The highest BCUT2D eigenvalue weighted by molar-refractivity contribution is 9.09. The van der Waals surface area contributed by atoms with E-state index in [9.17, 15) is 15.3 Å². The first kappa shape index (κ1) is 31.8. The predicted molar refractivity (Wildman–Crippen MR) is 151 cm³/mol. The fourth-order valence-corrected chi connectivity index (χ4v) is 7.00. The quantitative estimate of drug-likeness (QED) is 0.268. The zero-order valence-electron chi connectivity index (χ0n) is 24.7. The molecule has 3 aliphatic heterocycles. The second kappa shape index (κ2) is 11.6. The van der Waals surface area contributed by atoms with E-state index in [0.717, 1.165) is 64.2 Å². The van der Waals surface area contributed by atoms with Crippen LogP contribution in [0.1, 0.15) is 126 Å². The summed E-state index contributed by atoms with van der Waals surface area (Å²) in [5.41, 5.74) is -2.88. The van der Waals surface area contributed by atoms with Crippen molar-refractivity contribution in [2.24, 2.45) is 5.92 Å². The molecule has 0 radical (unpaired) electrons. The molecule has 218 valence electrons. The number of hydrogen-bond donors (Lipinski definition) is 3. The lowest BCUT2D eigenvalue weighted by atomic mass is 9.78.